The maximum absolute atomic E-state index is 13.2. The maximum atomic E-state index is 13.2. The first kappa shape index (κ1) is 23.7. The number of nitrogens with zero attached hydrogens (tertiary/aromatic N) is 2. The molecule has 4 aromatic rings. The quantitative estimate of drug-likeness (QED) is 0.328. The number of carbonyl (C=O) groups excluding carboxylic acids is 2. The summed E-state index contributed by atoms with van der Waals surface area (Å²) in [7, 11) is 0. The lowest BCUT2D eigenvalue weighted by molar-refractivity contribution is -0.120. The van der Waals surface area contributed by atoms with Gasteiger partial charge in [-0.25, -0.2) is 4.39 Å². The second-order valence-electron chi connectivity index (χ2n) is 7.44. The van der Waals surface area contributed by atoms with E-state index in [9.17, 15) is 19.1 Å². The first-order chi connectivity index (χ1) is 16.3. The van der Waals surface area contributed by atoms with Gasteiger partial charge in [-0.3, -0.25) is 14.6 Å². The molecule has 0 bridgehead atoms. The van der Waals surface area contributed by atoms with Gasteiger partial charge in [-0.05, 0) is 35.9 Å². The van der Waals surface area contributed by atoms with Crippen LogP contribution >= 0.6 is 23.2 Å². The van der Waals surface area contributed by atoms with Crippen molar-refractivity contribution in [3.63, 3.8) is 0 Å². The molecular weight excluding hydrogens is 484 g/mol. The molecule has 2 aromatic carbocycles. The molecule has 0 aliphatic rings. The predicted octanol–water partition coefficient (Wildman–Crippen LogP) is 5.07. The van der Waals surface area contributed by atoms with E-state index in [1.165, 1.54) is 36.7 Å². The zero-order chi connectivity index (χ0) is 24.2. The fourth-order valence-electron chi connectivity index (χ4n) is 3.45. The number of aromatic nitrogens is 2. The van der Waals surface area contributed by atoms with Crippen molar-refractivity contribution in [2.45, 2.75) is 6.54 Å². The average molecular weight is 502 g/mol. The molecule has 0 fully saturated rings. The number of rotatable bonds is 8. The Balaban J connectivity index is 1.46. The third kappa shape index (κ3) is 5.36. The van der Waals surface area contributed by atoms with Gasteiger partial charge in [0.05, 0.1) is 15.7 Å². The number of ketones is 1. The number of nitrogens with one attached hydrogen (secondary N) is 1. The maximum Gasteiger partial charge on any atom is 0.250 e. The second-order valence-corrected chi connectivity index (χ2v) is 8.26. The van der Waals surface area contributed by atoms with Gasteiger partial charge in [0.25, 0.3) is 0 Å². The summed E-state index contributed by atoms with van der Waals surface area (Å²) < 4.78 is 20.4. The molecular formula is C24H18Cl2FN3O4. The van der Waals surface area contributed by atoms with E-state index in [-0.39, 0.29) is 39.7 Å². The number of phenols is 1. The van der Waals surface area contributed by atoms with Gasteiger partial charge >= 0.3 is 0 Å². The van der Waals surface area contributed by atoms with Gasteiger partial charge in [-0.15, -0.1) is 0 Å². The molecule has 2 heterocycles. The lowest BCUT2D eigenvalue weighted by Gasteiger charge is -2.08. The number of pyridine rings is 1. The Hall–Kier alpha value is -3.46. The Morgan fingerprint density at radius 2 is 1.76 bits per heavy atom. The molecule has 7 nitrogen and oxygen atoms in total. The van der Waals surface area contributed by atoms with E-state index in [2.05, 4.69) is 10.3 Å². The van der Waals surface area contributed by atoms with E-state index in [4.69, 9.17) is 27.9 Å². The molecule has 174 valence electrons. The van der Waals surface area contributed by atoms with Crippen LogP contribution in [0.3, 0.4) is 0 Å². The van der Waals surface area contributed by atoms with Crippen LogP contribution in [0.15, 0.2) is 61.1 Å². The molecule has 4 rings (SSSR count). The van der Waals surface area contributed by atoms with Gasteiger partial charge in [-0.2, -0.15) is 0 Å². The van der Waals surface area contributed by atoms with Gasteiger partial charge in [0.15, 0.2) is 5.78 Å². The van der Waals surface area contributed by atoms with E-state index in [1.807, 2.05) is 4.57 Å². The highest BCUT2D eigenvalue weighted by molar-refractivity contribution is 6.39. The Morgan fingerprint density at radius 3 is 2.47 bits per heavy atom. The second kappa shape index (κ2) is 10.2. The summed E-state index contributed by atoms with van der Waals surface area (Å²) in [5.41, 5.74) is 2.09. The Labute approximate surface area is 203 Å². The minimum atomic E-state index is -0.542. The van der Waals surface area contributed by atoms with Crippen LogP contribution < -0.4 is 5.32 Å². The Bertz CT molecular complexity index is 1350. The molecule has 1 amide bonds. The van der Waals surface area contributed by atoms with Gasteiger partial charge in [0.2, 0.25) is 5.91 Å². The van der Waals surface area contributed by atoms with Gasteiger partial charge < -0.3 is 19.7 Å². The molecule has 2 aromatic heterocycles. The molecule has 0 spiro atoms. The van der Waals surface area contributed by atoms with Crippen LogP contribution in [-0.2, 0) is 16.1 Å². The topological polar surface area (TPSA) is 93.5 Å². The number of fused-ring (bicyclic) bond motifs is 1. The SMILES string of the molecule is O=C(COCC(=O)c1cn(Cc2ccc(F)cc2)c2ccc(O)cc12)Nc1c(Cl)cncc1Cl. The van der Waals surface area contributed by atoms with Gasteiger partial charge in [-0.1, -0.05) is 35.3 Å². The summed E-state index contributed by atoms with van der Waals surface area (Å²) in [5.74, 6) is -1.25. The van der Waals surface area contributed by atoms with Crippen LogP contribution in [0.1, 0.15) is 15.9 Å². The molecule has 2 N–H and O–H groups in total. The normalized spacial score (nSPS) is 11.0. The van der Waals surface area contributed by atoms with E-state index in [0.717, 1.165) is 5.56 Å². The summed E-state index contributed by atoms with van der Waals surface area (Å²) in [5, 5.41) is 13.3. The van der Waals surface area contributed by atoms with Crippen molar-refractivity contribution in [2.24, 2.45) is 0 Å². The minimum absolute atomic E-state index is 0.00693. The number of benzene rings is 2. The average Bonchev–Trinajstić information content (AvgIpc) is 3.15. The molecule has 0 saturated heterocycles. The van der Waals surface area contributed by atoms with Crippen molar-refractivity contribution in [1.29, 1.82) is 0 Å². The van der Waals surface area contributed by atoms with Crippen molar-refractivity contribution in [2.75, 3.05) is 18.5 Å². The Morgan fingerprint density at radius 1 is 1.06 bits per heavy atom. The van der Waals surface area contributed by atoms with Crippen LogP contribution in [0.2, 0.25) is 10.0 Å². The molecule has 0 saturated carbocycles. The van der Waals surface area contributed by atoms with E-state index < -0.39 is 12.5 Å². The number of halogens is 3. The monoisotopic (exact) mass is 501 g/mol. The van der Waals surface area contributed by atoms with Crippen molar-refractivity contribution in [3.8, 4) is 5.75 Å². The molecule has 34 heavy (non-hydrogen) atoms. The van der Waals surface area contributed by atoms with Gasteiger partial charge in [0, 0.05) is 41.6 Å². The highest BCUT2D eigenvalue weighted by Gasteiger charge is 2.17. The molecule has 0 radical (unpaired) electrons. The van der Waals surface area contributed by atoms with Crippen molar-refractivity contribution >= 4 is 51.5 Å². The highest BCUT2D eigenvalue weighted by atomic mass is 35.5. The summed E-state index contributed by atoms with van der Waals surface area (Å²) in [6, 6.07) is 10.8. The highest BCUT2D eigenvalue weighted by Crippen LogP contribution is 2.29. The summed E-state index contributed by atoms with van der Waals surface area (Å²) in [4.78, 5) is 28.9. The molecule has 0 aliphatic carbocycles. The van der Waals surface area contributed by atoms with Crippen LogP contribution in [0.5, 0.6) is 5.75 Å². The first-order valence-corrected chi connectivity index (χ1v) is 10.8. The smallest absolute Gasteiger partial charge is 0.250 e. The molecule has 0 aliphatic heterocycles. The number of Topliss-reactive ketones (excluding diaryl/α,β-unsaturated/α-hetero) is 1. The summed E-state index contributed by atoms with van der Waals surface area (Å²) in [6.07, 6.45) is 4.32. The number of hydrogen-bond acceptors (Lipinski definition) is 5. The molecule has 10 heteroatoms. The van der Waals surface area contributed by atoms with E-state index >= 15 is 0 Å². The van der Waals surface area contributed by atoms with Crippen molar-refractivity contribution < 1.29 is 23.8 Å². The lowest BCUT2D eigenvalue weighted by atomic mass is 10.1. The number of aromatic hydroxyl groups is 1. The zero-order valence-electron chi connectivity index (χ0n) is 17.6. The van der Waals surface area contributed by atoms with Crippen LogP contribution in [0, 0.1) is 5.82 Å². The van der Waals surface area contributed by atoms with Crippen molar-refractivity contribution in [1.82, 2.24) is 9.55 Å². The third-order valence-electron chi connectivity index (χ3n) is 5.02. The van der Waals surface area contributed by atoms with Crippen LogP contribution in [-0.4, -0.2) is 39.6 Å². The standard InChI is InChI=1S/C24H18Cl2FN3O4/c25-19-8-28-9-20(26)24(19)29-23(33)13-34-12-22(32)18-11-30(10-14-1-3-15(27)4-2-14)21-6-5-16(31)7-17(18)21/h1-9,11,31H,10,12-13H2,(H,28,29,33). The minimum Gasteiger partial charge on any atom is -0.508 e. The fourth-order valence-corrected chi connectivity index (χ4v) is 3.90. The number of carbonyl (C=O) groups is 2. The number of phenolic OH excluding ortho intramolecular Hbond substituents is 1. The summed E-state index contributed by atoms with van der Waals surface area (Å²) >= 11 is 12.0. The molecule has 0 atom stereocenters. The Kier molecular flexibility index (Phi) is 7.12. The zero-order valence-corrected chi connectivity index (χ0v) is 19.1. The van der Waals surface area contributed by atoms with E-state index in [0.29, 0.717) is 23.0 Å². The predicted molar refractivity (Wildman–Crippen MR) is 127 cm³/mol. The first-order valence-electron chi connectivity index (χ1n) is 10.1. The van der Waals surface area contributed by atoms with Gasteiger partial charge in [0.1, 0.15) is 24.8 Å². The summed E-state index contributed by atoms with van der Waals surface area (Å²) in [6.45, 7) is -0.373. The van der Waals surface area contributed by atoms with Crippen LogP contribution in [0.4, 0.5) is 10.1 Å². The third-order valence-corrected chi connectivity index (χ3v) is 5.59. The molecule has 0 unspecified atom stereocenters. The number of ether oxygens (including phenoxy) is 1. The fraction of sp³-hybridized carbons (Fsp3) is 0.125. The number of amides is 1. The van der Waals surface area contributed by atoms with Crippen molar-refractivity contribution in [3.05, 3.63) is 88.0 Å². The largest absolute Gasteiger partial charge is 0.508 e. The number of hydrogen-bond donors (Lipinski definition) is 2. The van der Waals surface area contributed by atoms with Crippen LogP contribution in [0.25, 0.3) is 10.9 Å². The van der Waals surface area contributed by atoms with E-state index in [1.54, 1.807) is 24.4 Å². The number of anilines is 1. The lowest BCUT2D eigenvalue weighted by Crippen LogP contribution is -2.21.